The van der Waals surface area contributed by atoms with Gasteiger partial charge in [-0.05, 0) is 55.5 Å². The smallest absolute Gasteiger partial charge is 0.251 e. The molecule has 5 nitrogen and oxygen atoms in total. The average Bonchev–Trinajstić information content (AvgIpc) is 3.13. The molecule has 0 aliphatic heterocycles. The zero-order valence-electron chi connectivity index (χ0n) is 12.0. The molecule has 6 heteroatoms. The summed E-state index contributed by atoms with van der Waals surface area (Å²) in [6.07, 6.45) is 3.62. The first kappa shape index (κ1) is 14.3. The quantitative estimate of drug-likeness (QED) is 0.726. The summed E-state index contributed by atoms with van der Waals surface area (Å²) >= 11 is 5.17. The lowest BCUT2D eigenvalue weighted by Gasteiger charge is -2.06. The Morgan fingerprint density at radius 1 is 1.27 bits per heavy atom. The summed E-state index contributed by atoms with van der Waals surface area (Å²) in [5, 5.41) is 2.83. The molecule has 0 aliphatic rings. The Balaban J connectivity index is 1.68. The van der Waals surface area contributed by atoms with E-state index in [0.717, 1.165) is 17.2 Å². The van der Waals surface area contributed by atoms with Gasteiger partial charge in [-0.15, -0.1) is 0 Å². The molecular formula is C16H15N3O2S. The number of hydrogen-bond acceptors (Lipinski definition) is 3. The van der Waals surface area contributed by atoms with Gasteiger partial charge in [0.25, 0.3) is 5.91 Å². The Hall–Kier alpha value is -2.60. The Labute approximate surface area is 132 Å². The van der Waals surface area contributed by atoms with E-state index < -0.39 is 0 Å². The number of H-pyrrole nitrogens is 1. The summed E-state index contributed by atoms with van der Waals surface area (Å²) in [6.45, 7) is 2.24. The molecule has 3 aromatic rings. The highest BCUT2D eigenvalue weighted by atomic mass is 32.1. The van der Waals surface area contributed by atoms with Crippen LogP contribution in [-0.2, 0) is 6.54 Å². The van der Waals surface area contributed by atoms with Crippen molar-refractivity contribution in [3.05, 3.63) is 70.6 Å². The molecule has 112 valence electrons. The van der Waals surface area contributed by atoms with Crippen molar-refractivity contribution < 1.29 is 9.21 Å². The molecule has 0 radical (unpaired) electrons. The molecule has 0 saturated carbocycles. The third-order valence-corrected chi connectivity index (χ3v) is 3.59. The van der Waals surface area contributed by atoms with Crippen LogP contribution in [0.5, 0.6) is 0 Å². The molecule has 0 atom stereocenters. The number of imidazole rings is 1. The van der Waals surface area contributed by atoms with Crippen LogP contribution in [0, 0.1) is 11.7 Å². The summed E-state index contributed by atoms with van der Waals surface area (Å²) in [6, 6.07) is 11.0. The number of aromatic nitrogens is 2. The van der Waals surface area contributed by atoms with Crippen molar-refractivity contribution in [1.82, 2.24) is 14.9 Å². The van der Waals surface area contributed by atoms with Gasteiger partial charge in [-0.1, -0.05) is 0 Å². The van der Waals surface area contributed by atoms with Crippen LogP contribution in [0.25, 0.3) is 5.69 Å². The first-order valence-electron chi connectivity index (χ1n) is 6.83. The number of nitrogens with zero attached hydrogens (tertiary/aromatic N) is 1. The molecule has 0 unspecified atom stereocenters. The highest BCUT2D eigenvalue weighted by molar-refractivity contribution is 7.71. The zero-order chi connectivity index (χ0) is 15.5. The minimum Gasteiger partial charge on any atom is -0.465 e. The molecule has 0 aliphatic carbocycles. The second kappa shape index (κ2) is 6.03. The SMILES string of the molecule is Cc1ccc(CNC(=O)c2ccc(-n3cc[nH]c3=S)cc2)o1. The van der Waals surface area contributed by atoms with E-state index in [1.807, 2.05) is 42.0 Å². The fraction of sp³-hybridized carbons (Fsp3) is 0.125. The van der Waals surface area contributed by atoms with Crippen LogP contribution in [0.4, 0.5) is 0 Å². The summed E-state index contributed by atoms with van der Waals surface area (Å²) in [5.41, 5.74) is 1.50. The summed E-state index contributed by atoms with van der Waals surface area (Å²) in [4.78, 5) is 15.0. The average molecular weight is 313 g/mol. The number of hydrogen-bond donors (Lipinski definition) is 2. The molecule has 3 rings (SSSR count). The lowest BCUT2D eigenvalue weighted by atomic mass is 10.2. The Morgan fingerprint density at radius 3 is 2.64 bits per heavy atom. The maximum absolute atomic E-state index is 12.1. The van der Waals surface area contributed by atoms with Crippen LogP contribution in [0.3, 0.4) is 0 Å². The molecule has 2 N–H and O–H groups in total. The monoisotopic (exact) mass is 313 g/mol. The Bertz CT molecular complexity index is 843. The second-order valence-electron chi connectivity index (χ2n) is 4.88. The van der Waals surface area contributed by atoms with Crippen molar-refractivity contribution in [2.75, 3.05) is 0 Å². The van der Waals surface area contributed by atoms with E-state index in [9.17, 15) is 4.79 Å². The summed E-state index contributed by atoms with van der Waals surface area (Å²) in [7, 11) is 0. The fourth-order valence-electron chi connectivity index (χ4n) is 2.15. The molecular weight excluding hydrogens is 298 g/mol. The highest BCUT2D eigenvalue weighted by Gasteiger charge is 2.07. The molecule has 0 saturated heterocycles. The molecule has 1 amide bonds. The predicted octanol–water partition coefficient (Wildman–Crippen LogP) is 3.37. The number of carbonyl (C=O) groups excluding carboxylic acids is 1. The van der Waals surface area contributed by atoms with Crippen LogP contribution in [0.2, 0.25) is 0 Å². The molecule has 0 bridgehead atoms. The summed E-state index contributed by atoms with van der Waals surface area (Å²) < 4.78 is 7.87. The summed E-state index contributed by atoms with van der Waals surface area (Å²) in [5.74, 6) is 1.43. The van der Waals surface area contributed by atoms with Crippen molar-refractivity contribution in [2.45, 2.75) is 13.5 Å². The third-order valence-electron chi connectivity index (χ3n) is 3.28. The molecule has 0 fully saturated rings. The van der Waals surface area contributed by atoms with Crippen molar-refractivity contribution in [1.29, 1.82) is 0 Å². The van der Waals surface area contributed by atoms with Crippen molar-refractivity contribution in [3.63, 3.8) is 0 Å². The van der Waals surface area contributed by atoms with Crippen molar-refractivity contribution in [3.8, 4) is 5.69 Å². The number of amides is 1. The van der Waals surface area contributed by atoms with E-state index in [-0.39, 0.29) is 5.91 Å². The standard InChI is InChI=1S/C16H15N3O2S/c1-11-2-7-14(21-11)10-18-15(20)12-3-5-13(6-4-12)19-9-8-17-16(19)22/h2-9H,10H2,1H3,(H,17,22)(H,18,20). The third kappa shape index (κ3) is 3.01. The first-order valence-corrected chi connectivity index (χ1v) is 7.24. The number of rotatable bonds is 4. The van der Waals surface area contributed by atoms with Crippen LogP contribution >= 0.6 is 12.2 Å². The van der Waals surface area contributed by atoms with Gasteiger partial charge in [0.15, 0.2) is 4.77 Å². The van der Waals surface area contributed by atoms with Gasteiger partial charge in [0.2, 0.25) is 0 Å². The number of aryl methyl sites for hydroxylation is 1. The van der Waals surface area contributed by atoms with E-state index >= 15 is 0 Å². The molecule has 2 heterocycles. The van der Waals surface area contributed by atoms with Gasteiger partial charge in [0, 0.05) is 23.6 Å². The lowest BCUT2D eigenvalue weighted by molar-refractivity contribution is 0.0948. The second-order valence-corrected chi connectivity index (χ2v) is 5.26. The normalized spacial score (nSPS) is 10.6. The maximum Gasteiger partial charge on any atom is 0.251 e. The number of nitrogens with one attached hydrogen (secondary N) is 2. The molecule has 22 heavy (non-hydrogen) atoms. The van der Waals surface area contributed by atoms with E-state index in [1.165, 1.54) is 0 Å². The van der Waals surface area contributed by atoms with Gasteiger partial charge >= 0.3 is 0 Å². The van der Waals surface area contributed by atoms with E-state index in [1.54, 1.807) is 18.3 Å². The molecule has 1 aromatic carbocycles. The van der Waals surface area contributed by atoms with Crippen LogP contribution in [-0.4, -0.2) is 15.5 Å². The van der Waals surface area contributed by atoms with Gasteiger partial charge in [0.05, 0.1) is 6.54 Å². The number of benzene rings is 1. The van der Waals surface area contributed by atoms with E-state index in [0.29, 0.717) is 16.9 Å². The van der Waals surface area contributed by atoms with Gasteiger partial charge < -0.3 is 14.7 Å². The van der Waals surface area contributed by atoms with Gasteiger partial charge in [-0.25, -0.2) is 0 Å². The minimum absolute atomic E-state index is 0.140. The van der Waals surface area contributed by atoms with Crippen LogP contribution in [0.1, 0.15) is 21.9 Å². The maximum atomic E-state index is 12.1. The predicted molar refractivity (Wildman–Crippen MR) is 85.6 cm³/mol. The fourth-order valence-corrected chi connectivity index (χ4v) is 2.38. The minimum atomic E-state index is -0.140. The van der Waals surface area contributed by atoms with Crippen LogP contribution in [0.15, 0.2) is 53.2 Å². The number of furan rings is 1. The Kier molecular flexibility index (Phi) is 3.93. The van der Waals surface area contributed by atoms with Gasteiger partial charge in [-0.3, -0.25) is 9.36 Å². The lowest BCUT2D eigenvalue weighted by Crippen LogP contribution is -2.22. The van der Waals surface area contributed by atoms with Gasteiger partial charge in [-0.2, -0.15) is 0 Å². The largest absolute Gasteiger partial charge is 0.465 e. The number of aromatic amines is 1. The van der Waals surface area contributed by atoms with E-state index in [2.05, 4.69) is 10.3 Å². The van der Waals surface area contributed by atoms with Gasteiger partial charge in [0.1, 0.15) is 11.5 Å². The highest BCUT2D eigenvalue weighted by Crippen LogP contribution is 2.11. The van der Waals surface area contributed by atoms with Crippen molar-refractivity contribution in [2.24, 2.45) is 0 Å². The van der Waals surface area contributed by atoms with Crippen LogP contribution < -0.4 is 5.32 Å². The number of carbonyl (C=O) groups is 1. The topological polar surface area (TPSA) is 63.0 Å². The first-order chi connectivity index (χ1) is 10.6. The van der Waals surface area contributed by atoms with E-state index in [4.69, 9.17) is 16.6 Å². The van der Waals surface area contributed by atoms with Crippen molar-refractivity contribution >= 4 is 18.1 Å². The Morgan fingerprint density at radius 2 is 2.05 bits per heavy atom. The molecule has 0 spiro atoms. The zero-order valence-corrected chi connectivity index (χ0v) is 12.8. The molecule has 2 aromatic heterocycles.